The zero-order valence-electron chi connectivity index (χ0n) is 21.2. The SMILES string of the molecule is O=C1CCC(N2Cc3cc(O[C@@H]4CCCCC4N4CC(c5ccc(C(F)(F)F)cn5)C4)ccc3C2=O)C(=O)N1. The third kappa shape index (κ3) is 4.99. The average molecular weight is 543 g/mol. The van der Waals surface area contributed by atoms with Gasteiger partial charge in [0, 0.05) is 55.5 Å². The molecule has 1 aliphatic carbocycles. The number of hydrogen-bond donors (Lipinski definition) is 1. The second-order valence-electron chi connectivity index (χ2n) is 10.8. The normalized spacial score (nSPS) is 26.3. The highest BCUT2D eigenvalue weighted by atomic mass is 19.4. The molecule has 1 aromatic carbocycles. The fourth-order valence-corrected chi connectivity index (χ4v) is 6.22. The summed E-state index contributed by atoms with van der Waals surface area (Å²) in [6, 6.07) is 7.51. The summed E-state index contributed by atoms with van der Waals surface area (Å²) in [4.78, 5) is 44.7. The Labute approximate surface area is 223 Å². The zero-order chi connectivity index (χ0) is 27.3. The van der Waals surface area contributed by atoms with Gasteiger partial charge >= 0.3 is 6.18 Å². The van der Waals surface area contributed by atoms with E-state index in [-0.39, 0.29) is 36.3 Å². The lowest BCUT2D eigenvalue weighted by Crippen LogP contribution is -2.57. The Hall–Kier alpha value is -3.47. The number of halogens is 3. The number of piperidine rings is 1. The fraction of sp³-hybridized carbons (Fsp3) is 0.500. The van der Waals surface area contributed by atoms with E-state index in [0.717, 1.165) is 56.6 Å². The van der Waals surface area contributed by atoms with E-state index in [0.29, 0.717) is 30.0 Å². The summed E-state index contributed by atoms with van der Waals surface area (Å²) < 4.78 is 45.0. The maximum absolute atomic E-state index is 13.0. The van der Waals surface area contributed by atoms with Crippen LogP contribution < -0.4 is 10.1 Å². The van der Waals surface area contributed by atoms with Crippen LogP contribution in [0.1, 0.15) is 71.6 Å². The number of nitrogens with one attached hydrogen (secondary N) is 1. The van der Waals surface area contributed by atoms with Crippen molar-refractivity contribution in [3.8, 4) is 5.75 Å². The highest BCUT2D eigenvalue weighted by Crippen LogP contribution is 2.37. The molecule has 4 aliphatic rings. The Morgan fingerprint density at radius 1 is 1.00 bits per heavy atom. The molecule has 3 atom stereocenters. The van der Waals surface area contributed by atoms with Gasteiger partial charge in [-0.1, -0.05) is 6.42 Å². The van der Waals surface area contributed by atoms with E-state index in [1.807, 2.05) is 6.07 Å². The molecule has 3 fully saturated rings. The molecule has 1 aromatic heterocycles. The number of alkyl halides is 3. The molecule has 8 nitrogen and oxygen atoms in total. The van der Waals surface area contributed by atoms with Crippen molar-refractivity contribution in [2.24, 2.45) is 0 Å². The minimum atomic E-state index is -4.39. The number of rotatable bonds is 5. The van der Waals surface area contributed by atoms with Crippen molar-refractivity contribution in [3.63, 3.8) is 0 Å². The number of amides is 3. The lowest BCUT2D eigenvalue weighted by Gasteiger charge is -2.48. The van der Waals surface area contributed by atoms with Crippen LogP contribution in [0.2, 0.25) is 0 Å². The lowest BCUT2D eigenvalue weighted by atomic mass is 9.85. The minimum absolute atomic E-state index is 0.0401. The van der Waals surface area contributed by atoms with Crippen molar-refractivity contribution in [3.05, 3.63) is 58.9 Å². The van der Waals surface area contributed by atoms with Crippen molar-refractivity contribution in [2.75, 3.05) is 13.1 Å². The fourth-order valence-electron chi connectivity index (χ4n) is 6.22. The van der Waals surface area contributed by atoms with Crippen LogP contribution in [0.4, 0.5) is 13.2 Å². The molecule has 39 heavy (non-hydrogen) atoms. The van der Waals surface area contributed by atoms with Gasteiger partial charge in [-0.15, -0.1) is 0 Å². The van der Waals surface area contributed by atoms with Gasteiger partial charge in [0.2, 0.25) is 11.8 Å². The van der Waals surface area contributed by atoms with Gasteiger partial charge in [0.1, 0.15) is 17.9 Å². The number of pyridine rings is 1. The number of ether oxygens (including phenoxy) is 1. The van der Waals surface area contributed by atoms with Crippen LogP contribution in [0.25, 0.3) is 0 Å². The molecule has 0 spiro atoms. The molecule has 206 valence electrons. The van der Waals surface area contributed by atoms with Crippen molar-refractivity contribution in [1.29, 1.82) is 0 Å². The number of imide groups is 1. The van der Waals surface area contributed by atoms with E-state index in [1.165, 1.54) is 11.0 Å². The third-order valence-electron chi connectivity index (χ3n) is 8.36. The van der Waals surface area contributed by atoms with Gasteiger partial charge in [-0.05, 0) is 61.6 Å². The number of hydrogen-bond acceptors (Lipinski definition) is 6. The summed E-state index contributed by atoms with van der Waals surface area (Å²) in [7, 11) is 0. The number of benzene rings is 1. The quantitative estimate of drug-likeness (QED) is 0.580. The van der Waals surface area contributed by atoms with Gasteiger partial charge < -0.3 is 9.64 Å². The first-order valence-electron chi connectivity index (χ1n) is 13.4. The third-order valence-corrected chi connectivity index (χ3v) is 8.36. The van der Waals surface area contributed by atoms with Gasteiger partial charge in [0.15, 0.2) is 0 Å². The Kier molecular flexibility index (Phi) is 6.57. The monoisotopic (exact) mass is 542 g/mol. The highest BCUT2D eigenvalue weighted by Gasteiger charge is 2.41. The predicted octanol–water partition coefficient (Wildman–Crippen LogP) is 3.65. The van der Waals surface area contributed by atoms with Crippen LogP contribution in [0.15, 0.2) is 36.5 Å². The second kappa shape index (κ2) is 9.93. The molecule has 3 aliphatic heterocycles. The number of likely N-dealkylation sites (tertiary alicyclic amines) is 1. The summed E-state index contributed by atoms with van der Waals surface area (Å²) >= 11 is 0. The average Bonchev–Trinajstić information content (AvgIpc) is 3.19. The number of carbonyl (C=O) groups excluding carboxylic acids is 3. The van der Waals surface area contributed by atoms with Crippen LogP contribution in [-0.2, 0) is 22.3 Å². The molecule has 2 aromatic rings. The van der Waals surface area contributed by atoms with Crippen molar-refractivity contribution in [1.82, 2.24) is 20.1 Å². The standard InChI is InChI=1S/C28H29F3N4O4/c29-28(30,31)18-5-8-21(32-12-18)17-13-34(14-17)22-3-1-2-4-24(22)39-19-6-7-20-16(11-19)15-35(27(20)38)23-9-10-25(36)33-26(23)37/h5-8,11-12,17,22-24H,1-4,9-10,13-15H2,(H,33,36,37)/t22?,23?,24-/m1/s1. The minimum Gasteiger partial charge on any atom is -0.489 e. The van der Waals surface area contributed by atoms with Crippen molar-refractivity contribution < 1.29 is 32.3 Å². The van der Waals surface area contributed by atoms with Gasteiger partial charge in [-0.25, -0.2) is 0 Å². The molecule has 0 radical (unpaired) electrons. The topological polar surface area (TPSA) is 91.8 Å². The lowest BCUT2D eigenvalue weighted by molar-refractivity contribution is -0.138. The molecule has 3 amide bonds. The van der Waals surface area contributed by atoms with Crippen LogP contribution in [0.3, 0.4) is 0 Å². The molecule has 6 rings (SSSR count). The number of fused-ring (bicyclic) bond motifs is 1. The van der Waals surface area contributed by atoms with Gasteiger partial charge in [0.25, 0.3) is 5.91 Å². The maximum atomic E-state index is 13.0. The van der Waals surface area contributed by atoms with E-state index in [2.05, 4.69) is 15.2 Å². The number of aromatic nitrogens is 1. The first-order chi connectivity index (χ1) is 18.7. The maximum Gasteiger partial charge on any atom is 0.417 e. The zero-order valence-corrected chi connectivity index (χ0v) is 21.2. The molecule has 2 unspecified atom stereocenters. The van der Waals surface area contributed by atoms with Crippen molar-refractivity contribution >= 4 is 17.7 Å². The van der Waals surface area contributed by atoms with Gasteiger partial charge in [-0.2, -0.15) is 13.2 Å². The van der Waals surface area contributed by atoms with Crippen molar-refractivity contribution in [2.45, 2.75) is 75.4 Å². The van der Waals surface area contributed by atoms with E-state index >= 15 is 0 Å². The molecular weight excluding hydrogens is 513 g/mol. The van der Waals surface area contributed by atoms with E-state index in [1.54, 1.807) is 12.1 Å². The molecule has 11 heteroatoms. The van der Waals surface area contributed by atoms with E-state index in [9.17, 15) is 27.6 Å². The van der Waals surface area contributed by atoms with Crippen LogP contribution >= 0.6 is 0 Å². The summed E-state index contributed by atoms with van der Waals surface area (Å²) in [6.07, 6.45) is 1.00. The summed E-state index contributed by atoms with van der Waals surface area (Å²) in [5, 5.41) is 2.32. The first kappa shape index (κ1) is 25.8. The Morgan fingerprint density at radius 2 is 1.79 bits per heavy atom. The largest absolute Gasteiger partial charge is 0.489 e. The second-order valence-corrected chi connectivity index (χ2v) is 10.8. The molecule has 4 heterocycles. The van der Waals surface area contributed by atoms with E-state index < -0.39 is 23.7 Å². The van der Waals surface area contributed by atoms with Crippen LogP contribution in [0.5, 0.6) is 5.75 Å². The van der Waals surface area contributed by atoms with E-state index in [4.69, 9.17) is 4.74 Å². The summed E-state index contributed by atoms with van der Waals surface area (Å²) in [5.41, 5.74) is 1.28. The molecular formula is C28H29F3N4O4. The highest BCUT2D eigenvalue weighted by molar-refractivity contribution is 6.05. The van der Waals surface area contributed by atoms with Crippen LogP contribution in [-0.4, -0.2) is 63.8 Å². The summed E-state index contributed by atoms with van der Waals surface area (Å²) in [6.45, 7) is 1.74. The predicted molar refractivity (Wildman–Crippen MR) is 133 cm³/mol. The summed E-state index contributed by atoms with van der Waals surface area (Å²) in [5.74, 6) is -0.204. The van der Waals surface area contributed by atoms with Gasteiger partial charge in [0.05, 0.1) is 5.56 Å². The number of carbonyl (C=O) groups is 3. The Bertz CT molecular complexity index is 1290. The number of nitrogens with zero attached hydrogens (tertiary/aromatic N) is 3. The molecule has 1 N–H and O–H groups in total. The van der Waals surface area contributed by atoms with Crippen LogP contribution in [0, 0.1) is 0 Å². The van der Waals surface area contributed by atoms with Gasteiger partial charge in [-0.3, -0.25) is 29.6 Å². The smallest absolute Gasteiger partial charge is 0.417 e. The Morgan fingerprint density at radius 3 is 2.51 bits per heavy atom. The molecule has 1 saturated carbocycles. The first-order valence-corrected chi connectivity index (χ1v) is 13.4. The molecule has 0 bridgehead atoms. The Balaban J connectivity index is 1.09. The molecule has 2 saturated heterocycles.